The molecular formula is C32H37Cl2N7O3. The third kappa shape index (κ3) is 7.97. The number of carbonyl (C=O) groups is 2. The maximum absolute atomic E-state index is 12.4. The van der Waals surface area contributed by atoms with Crippen LogP contribution in [0.2, 0.25) is 10.0 Å². The van der Waals surface area contributed by atoms with Crippen LogP contribution in [-0.4, -0.2) is 82.4 Å². The zero-order valence-corrected chi connectivity index (χ0v) is 26.4. The number of hydrogen-bond acceptors (Lipinski definition) is 8. The summed E-state index contributed by atoms with van der Waals surface area (Å²) in [7, 11) is 0. The third-order valence-corrected chi connectivity index (χ3v) is 8.85. The van der Waals surface area contributed by atoms with Gasteiger partial charge in [-0.2, -0.15) is 0 Å². The Morgan fingerprint density at radius 3 is 2.23 bits per heavy atom. The van der Waals surface area contributed by atoms with E-state index in [1.807, 2.05) is 29.2 Å². The maximum Gasteiger partial charge on any atom is 0.225 e. The highest BCUT2D eigenvalue weighted by molar-refractivity contribution is 6.35. The lowest BCUT2D eigenvalue weighted by atomic mass is 9.96. The number of aromatic nitrogens is 3. The second-order valence-electron chi connectivity index (χ2n) is 11.9. The highest BCUT2D eigenvalue weighted by Gasteiger charge is 2.34. The van der Waals surface area contributed by atoms with Gasteiger partial charge >= 0.3 is 0 Å². The Hall–Kier alpha value is -3.47. The smallest absolute Gasteiger partial charge is 0.225 e. The molecule has 0 atom stereocenters. The van der Waals surface area contributed by atoms with Crippen molar-refractivity contribution in [2.24, 2.45) is 11.8 Å². The van der Waals surface area contributed by atoms with Gasteiger partial charge in [0.25, 0.3) is 0 Å². The first-order valence-corrected chi connectivity index (χ1v) is 16.0. The maximum atomic E-state index is 12.4. The van der Waals surface area contributed by atoms with Gasteiger partial charge in [0.15, 0.2) is 5.75 Å². The molecule has 2 aromatic heterocycles. The number of ether oxygens (including phenoxy) is 1. The first-order valence-electron chi connectivity index (χ1n) is 15.3. The fourth-order valence-corrected chi connectivity index (χ4v) is 6.33. The molecule has 1 saturated carbocycles. The molecule has 0 unspecified atom stereocenters. The number of piperidine rings is 1. The van der Waals surface area contributed by atoms with Gasteiger partial charge in [-0.3, -0.25) is 14.5 Å². The highest BCUT2D eigenvalue weighted by Crippen LogP contribution is 2.32. The van der Waals surface area contributed by atoms with Crippen molar-refractivity contribution in [1.29, 1.82) is 0 Å². The summed E-state index contributed by atoms with van der Waals surface area (Å²) in [6.45, 7) is 7.71. The number of likely N-dealkylation sites (tertiary alicyclic amines) is 1. The van der Waals surface area contributed by atoms with Crippen LogP contribution in [0.3, 0.4) is 0 Å². The molecule has 44 heavy (non-hydrogen) atoms. The minimum absolute atomic E-state index is 0.0186. The number of nitrogens with one attached hydrogen (secondary N) is 1. The summed E-state index contributed by atoms with van der Waals surface area (Å²) in [6.07, 6.45) is 7.43. The van der Waals surface area contributed by atoms with E-state index in [4.69, 9.17) is 32.9 Å². The predicted octanol–water partition coefficient (Wildman–Crippen LogP) is 5.04. The normalized spacial score (nSPS) is 17.9. The van der Waals surface area contributed by atoms with Gasteiger partial charge in [-0.05, 0) is 74.5 Å². The molecule has 3 aliphatic rings. The number of amides is 2. The highest BCUT2D eigenvalue weighted by atomic mass is 35.5. The van der Waals surface area contributed by atoms with Crippen LogP contribution in [0.1, 0.15) is 38.2 Å². The molecule has 4 heterocycles. The fourth-order valence-electron chi connectivity index (χ4n) is 5.81. The largest absolute Gasteiger partial charge is 0.436 e. The van der Waals surface area contributed by atoms with Gasteiger partial charge in [-0.25, -0.2) is 15.0 Å². The molecule has 0 spiro atoms. The van der Waals surface area contributed by atoms with Crippen LogP contribution in [0, 0.1) is 11.8 Å². The molecule has 0 bridgehead atoms. The van der Waals surface area contributed by atoms with Crippen molar-refractivity contribution in [1.82, 2.24) is 30.1 Å². The van der Waals surface area contributed by atoms with Crippen molar-refractivity contribution in [3.8, 4) is 22.9 Å². The molecule has 0 radical (unpaired) electrons. The quantitative estimate of drug-likeness (QED) is 0.348. The van der Waals surface area contributed by atoms with E-state index >= 15 is 0 Å². The second-order valence-corrected chi connectivity index (χ2v) is 12.8. The van der Waals surface area contributed by atoms with E-state index in [1.54, 1.807) is 25.4 Å². The van der Waals surface area contributed by atoms with E-state index < -0.39 is 0 Å². The summed E-state index contributed by atoms with van der Waals surface area (Å²) in [6, 6.07) is 9.37. The molecule has 10 nitrogen and oxygen atoms in total. The van der Waals surface area contributed by atoms with Crippen LogP contribution in [0.4, 0.5) is 5.95 Å². The number of halogens is 2. The second kappa shape index (κ2) is 13.7. The summed E-state index contributed by atoms with van der Waals surface area (Å²) in [5.41, 5.74) is 2.56. The van der Waals surface area contributed by atoms with Gasteiger partial charge in [0, 0.05) is 73.8 Å². The Bertz CT molecular complexity index is 1470. The zero-order chi connectivity index (χ0) is 30.6. The van der Waals surface area contributed by atoms with Gasteiger partial charge in [0.2, 0.25) is 23.6 Å². The Labute approximate surface area is 267 Å². The number of carbonyl (C=O) groups excluding carboxylic acids is 2. The average Bonchev–Trinajstić information content (AvgIpc) is 3.86. The molecule has 232 valence electrons. The van der Waals surface area contributed by atoms with Crippen molar-refractivity contribution >= 4 is 41.0 Å². The van der Waals surface area contributed by atoms with Crippen molar-refractivity contribution in [3.63, 3.8) is 0 Å². The topological polar surface area (TPSA) is 104 Å². The fraction of sp³-hybridized carbons (Fsp3) is 0.469. The Morgan fingerprint density at radius 2 is 1.59 bits per heavy atom. The van der Waals surface area contributed by atoms with Crippen molar-refractivity contribution in [3.05, 3.63) is 58.3 Å². The standard InChI is InChI=1S/C32H37Cl2N7O3/c1-21(42)35-17-22-4-6-39(7-5-22)20-23-12-29(25-14-26(33)16-27(34)15-25)38-30(13-23)44-28-18-36-32(37-19-28)41-10-8-40(9-11-41)31(43)24-2-3-24/h12-16,18-19,22,24H,2-11,17,20H2,1H3,(H,35,42). The number of piperazine rings is 1. The molecule has 3 fully saturated rings. The summed E-state index contributed by atoms with van der Waals surface area (Å²) >= 11 is 12.6. The Balaban J connectivity index is 1.14. The number of nitrogens with zero attached hydrogens (tertiary/aromatic N) is 6. The van der Waals surface area contributed by atoms with Crippen LogP contribution in [-0.2, 0) is 16.1 Å². The van der Waals surface area contributed by atoms with Crippen LogP contribution in [0.15, 0.2) is 42.7 Å². The van der Waals surface area contributed by atoms with Gasteiger partial charge in [0.1, 0.15) is 0 Å². The molecule has 2 saturated heterocycles. The predicted molar refractivity (Wildman–Crippen MR) is 170 cm³/mol. The number of benzene rings is 1. The average molecular weight is 639 g/mol. The first-order chi connectivity index (χ1) is 21.3. The van der Waals surface area contributed by atoms with Gasteiger partial charge in [-0.15, -0.1) is 0 Å². The molecule has 12 heteroatoms. The van der Waals surface area contributed by atoms with Crippen LogP contribution in [0.5, 0.6) is 11.6 Å². The molecule has 1 aliphatic carbocycles. The van der Waals surface area contributed by atoms with E-state index in [9.17, 15) is 9.59 Å². The van der Waals surface area contributed by atoms with Crippen LogP contribution in [0.25, 0.3) is 11.3 Å². The van der Waals surface area contributed by atoms with Gasteiger partial charge < -0.3 is 19.9 Å². The number of anilines is 1. The van der Waals surface area contributed by atoms with E-state index in [0.717, 1.165) is 63.0 Å². The summed E-state index contributed by atoms with van der Waals surface area (Å²) in [4.78, 5) is 44.1. The van der Waals surface area contributed by atoms with Crippen molar-refractivity contribution in [2.45, 2.75) is 39.2 Å². The van der Waals surface area contributed by atoms with E-state index in [0.29, 0.717) is 65.4 Å². The lowest BCUT2D eigenvalue weighted by Crippen LogP contribution is -2.49. The molecular weight excluding hydrogens is 601 g/mol. The van der Waals surface area contributed by atoms with Gasteiger partial charge in [-0.1, -0.05) is 23.2 Å². The molecule has 6 rings (SSSR count). The first kappa shape index (κ1) is 30.6. The molecule has 1 N–H and O–H groups in total. The van der Waals surface area contributed by atoms with Crippen LogP contribution < -0.4 is 15.0 Å². The minimum atomic E-state index is 0.0186. The Kier molecular flexibility index (Phi) is 9.49. The lowest BCUT2D eigenvalue weighted by Gasteiger charge is -2.34. The minimum Gasteiger partial charge on any atom is -0.436 e. The van der Waals surface area contributed by atoms with Gasteiger partial charge in [0.05, 0.1) is 18.1 Å². The zero-order valence-electron chi connectivity index (χ0n) is 24.8. The SMILES string of the molecule is CC(=O)NCC1CCN(Cc2cc(Oc3cnc(N4CCN(C(=O)C5CC5)CC4)nc3)nc(-c3cc(Cl)cc(Cl)c3)c2)CC1. The number of hydrogen-bond donors (Lipinski definition) is 1. The van der Waals surface area contributed by atoms with E-state index in [1.165, 1.54) is 0 Å². The van der Waals surface area contributed by atoms with Crippen LogP contribution >= 0.6 is 23.2 Å². The summed E-state index contributed by atoms with van der Waals surface area (Å²) in [5, 5.41) is 4.01. The summed E-state index contributed by atoms with van der Waals surface area (Å²) < 4.78 is 6.19. The molecule has 2 amide bonds. The lowest BCUT2D eigenvalue weighted by molar-refractivity contribution is -0.132. The van der Waals surface area contributed by atoms with Crippen molar-refractivity contribution in [2.75, 3.05) is 50.7 Å². The number of pyridine rings is 1. The number of rotatable bonds is 9. The van der Waals surface area contributed by atoms with E-state index in [2.05, 4.69) is 25.1 Å². The Morgan fingerprint density at radius 1 is 0.909 bits per heavy atom. The van der Waals surface area contributed by atoms with Crippen molar-refractivity contribution < 1.29 is 14.3 Å². The molecule has 3 aromatic rings. The summed E-state index contributed by atoms with van der Waals surface area (Å²) in [5.74, 6) is 2.57. The van der Waals surface area contributed by atoms with E-state index in [-0.39, 0.29) is 17.7 Å². The monoisotopic (exact) mass is 637 g/mol. The third-order valence-electron chi connectivity index (χ3n) is 8.41. The molecule has 1 aromatic carbocycles. The molecule has 2 aliphatic heterocycles.